The van der Waals surface area contributed by atoms with Crippen LogP contribution in [0.5, 0.6) is 0 Å². The number of aliphatic hydroxyl groups is 1. The lowest BCUT2D eigenvalue weighted by atomic mass is 9.74. The molecule has 4 aliphatic rings. The van der Waals surface area contributed by atoms with Crippen molar-refractivity contribution in [2.45, 2.75) is 56.3 Å². The lowest BCUT2D eigenvalue weighted by Gasteiger charge is -2.37. The fourth-order valence-corrected chi connectivity index (χ4v) is 6.42. The number of rotatable bonds is 6. The molecule has 5 rings (SSSR count). The number of ether oxygens (including phenoxy) is 2. The molecular formula is C28H33ClN2O6. The van der Waals surface area contributed by atoms with Crippen molar-refractivity contribution < 1.29 is 29.0 Å². The quantitative estimate of drug-likeness (QED) is 0.346. The summed E-state index contributed by atoms with van der Waals surface area (Å²) in [7, 11) is 0. The summed E-state index contributed by atoms with van der Waals surface area (Å²) >= 11 is 6.08. The van der Waals surface area contributed by atoms with E-state index in [9.17, 15) is 19.5 Å². The molecule has 4 heterocycles. The van der Waals surface area contributed by atoms with Crippen LogP contribution in [0.1, 0.15) is 39.0 Å². The molecule has 1 N–H and O–H groups in total. The second-order valence-corrected chi connectivity index (χ2v) is 10.8. The molecule has 2 saturated heterocycles. The van der Waals surface area contributed by atoms with Gasteiger partial charge in [-0.3, -0.25) is 14.4 Å². The number of allylic oxidation sites excluding steroid dienone is 1. The number of amides is 2. The molecule has 2 fully saturated rings. The summed E-state index contributed by atoms with van der Waals surface area (Å²) in [5.41, 5.74) is -1.74. The molecule has 5 atom stereocenters. The Labute approximate surface area is 221 Å². The van der Waals surface area contributed by atoms with Gasteiger partial charge in [0.15, 0.2) is 0 Å². The van der Waals surface area contributed by atoms with Crippen molar-refractivity contribution in [3.05, 3.63) is 53.6 Å². The first kappa shape index (κ1) is 25.9. The van der Waals surface area contributed by atoms with E-state index in [4.69, 9.17) is 21.1 Å². The molecule has 1 aromatic rings. The Morgan fingerprint density at radius 3 is 2.57 bits per heavy atom. The maximum atomic E-state index is 14.3. The standard InChI is InChI=1S/C28H33ClN2O6/c1-27-13-4-2-7-18-36-26(35)22(27)21-24(33)31(15-5-3-6-17-32)23-25(34)30(16-8-14-28(21,23)37-27)20-11-9-19(29)10-12-20/h4,8-14,21-23,32H,2-3,5-7,15-18H2,1H3/b13-4-/t21-,22+,23?,27-,28-/m0/s1. The topological polar surface area (TPSA) is 96.4 Å². The third kappa shape index (κ3) is 4.39. The van der Waals surface area contributed by atoms with Crippen LogP contribution in [0.3, 0.4) is 0 Å². The Bertz CT molecular complexity index is 1120. The van der Waals surface area contributed by atoms with Crippen molar-refractivity contribution in [1.82, 2.24) is 4.90 Å². The van der Waals surface area contributed by atoms with Gasteiger partial charge < -0.3 is 24.4 Å². The number of anilines is 1. The van der Waals surface area contributed by atoms with E-state index in [0.717, 1.165) is 6.42 Å². The Hall–Kier alpha value is -2.68. The number of halogens is 1. The average molecular weight is 529 g/mol. The summed E-state index contributed by atoms with van der Waals surface area (Å²) in [5.74, 6) is -2.77. The zero-order valence-electron chi connectivity index (χ0n) is 21.0. The first-order valence-electron chi connectivity index (χ1n) is 13.0. The second-order valence-electron chi connectivity index (χ2n) is 10.4. The highest BCUT2D eigenvalue weighted by molar-refractivity contribution is 6.30. The van der Waals surface area contributed by atoms with E-state index in [1.165, 1.54) is 0 Å². The van der Waals surface area contributed by atoms with Gasteiger partial charge in [0.25, 0.3) is 5.91 Å². The van der Waals surface area contributed by atoms with Crippen LogP contribution in [0.2, 0.25) is 5.02 Å². The molecule has 1 unspecified atom stereocenters. The number of carbonyl (C=O) groups is 3. The summed E-state index contributed by atoms with van der Waals surface area (Å²) in [6.45, 7) is 2.77. The van der Waals surface area contributed by atoms with Crippen molar-refractivity contribution in [2.75, 3.05) is 31.2 Å². The van der Waals surface area contributed by atoms with E-state index < -0.39 is 35.0 Å². The fraction of sp³-hybridized carbons (Fsp3) is 0.536. The molecule has 198 valence electrons. The Morgan fingerprint density at radius 1 is 1.03 bits per heavy atom. The third-order valence-corrected chi connectivity index (χ3v) is 8.20. The van der Waals surface area contributed by atoms with Gasteiger partial charge in [0, 0.05) is 30.4 Å². The van der Waals surface area contributed by atoms with Gasteiger partial charge in [-0.2, -0.15) is 0 Å². The fourth-order valence-electron chi connectivity index (χ4n) is 6.30. The minimum atomic E-state index is -1.31. The number of cyclic esters (lactones) is 1. The number of carbonyl (C=O) groups excluding carboxylic acids is 3. The Kier molecular flexibility index (Phi) is 7.18. The molecule has 0 radical (unpaired) electrons. The van der Waals surface area contributed by atoms with Crippen molar-refractivity contribution in [3.63, 3.8) is 0 Å². The molecule has 0 aliphatic carbocycles. The zero-order chi connectivity index (χ0) is 26.2. The summed E-state index contributed by atoms with van der Waals surface area (Å²) in [5, 5.41) is 9.77. The number of unbranched alkanes of at least 4 members (excludes halogenated alkanes) is 2. The van der Waals surface area contributed by atoms with Crippen LogP contribution in [-0.2, 0) is 23.9 Å². The van der Waals surface area contributed by atoms with Crippen LogP contribution < -0.4 is 4.90 Å². The summed E-state index contributed by atoms with van der Waals surface area (Å²) in [4.78, 5) is 45.0. The van der Waals surface area contributed by atoms with Crippen LogP contribution in [0, 0.1) is 11.8 Å². The molecular weight excluding hydrogens is 496 g/mol. The van der Waals surface area contributed by atoms with Crippen LogP contribution in [0.4, 0.5) is 5.69 Å². The lowest BCUT2D eigenvalue weighted by Crippen LogP contribution is -2.56. The van der Waals surface area contributed by atoms with Gasteiger partial charge >= 0.3 is 5.97 Å². The van der Waals surface area contributed by atoms with Crippen molar-refractivity contribution in [3.8, 4) is 0 Å². The molecule has 4 aliphatic heterocycles. The second kappa shape index (κ2) is 10.2. The minimum absolute atomic E-state index is 0.0671. The monoisotopic (exact) mass is 528 g/mol. The number of esters is 1. The smallest absolute Gasteiger partial charge is 0.313 e. The lowest BCUT2D eigenvalue weighted by molar-refractivity contribution is -0.158. The van der Waals surface area contributed by atoms with E-state index in [0.29, 0.717) is 49.5 Å². The SMILES string of the molecule is C[C@]12/C=C\CCCOC(=O)[C@H]1[C@H]1C(=O)N(CCCCCO)C3C(=O)N(c4ccc(Cl)cc4)CC=C[C@@]31O2. The molecule has 1 spiro atoms. The number of nitrogens with zero attached hydrogens (tertiary/aromatic N) is 2. The molecule has 9 heteroatoms. The number of benzene rings is 1. The highest BCUT2D eigenvalue weighted by Crippen LogP contribution is 2.57. The van der Waals surface area contributed by atoms with Crippen molar-refractivity contribution >= 4 is 35.1 Å². The maximum Gasteiger partial charge on any atom is 0.313 e. The van der Waals surface area contributed by atoms with Crippen LogP contribution in [0.15, 0.2) is 48.6 Å². The number of aliphatic hydroxyl groups excluding tert-OH is 1. The van der Waals surface area contributed by atoms with E-state index in [1.54, 1.807) is 34.1 Å². The predicted octanol–water partition coefficient (Wildman–Crippen LogP) is 3.27. The van der Waals surface area contributed by atoms with Crippen molar-refractivity contribution in [1.29, 1.82) is 0 Å². The molecule has 1 aromatic carbocycles. The summed E-state index contributed by atoms with van der Waals surface area (Å²) in [6.07, 6.45) is 10.9. The first-order valence-corrected chi connectivity index (χ1v) is 13.4. The number of fused-ring (bicyclic) bond motifs is 2. The minimum Gasteiger partial charge on any atom is -0.465 e. The van der Waals surface area contributed by atoms with Gasteiger partial charge in [0.2, 0.25) is 5.91 Å². The molecule has 8 nitrogen and oxygen atoms in total. The molecule has 2 amide bonds. The van der Waals surface area contributed by atoms with Gasteiger partial charge in [-0.1, -0.05) is 35.9 Å². The normalized spacial score (nSPS) is 34.1. The summed E-state index contributed by atoms with van der Waals surface area (Å²) in [6, 6.07) is 6.06. The molecule has 0 aromatic heterocycles. The average Bonchev–Trinajstić information content (AvgIpc) is 3.22. The first-order chi connectivity index (χ1) is 17.8. The van der Waals surface area contributed by atoms with Gasteiger partial charge in [-0.15, -0.1) is 0 Å². The maximum absolute atomic E-state index is 14.3. The third-order valence-electron chi connectivity index (χ3n) is 7.95. The van der Waals surface area contributed by atoms with E-state index in [-0.39, 0.29) is 25.0 Å². The molecule has 0 saturated carbocycles. The number of likely N-dealkylation sites (tertiary alicyclic amines) is 1. The summed E-state index contributed by atoms with van der Waals surface area (Å²) < 4.78 is 12.4. The zero-order valence-corrected chi connectivity index (χ0v) is 21.7. The van der Waals surface area contributed by atoms with E-state index in [2.05, 4.69) is 0 Å². The van der Waals surface area contributed by atoms with Crippen molar-refractivity contribution in [2.24, 2.45) is 11.8 Å². The van der Waals surface area contributed by atoms with Gasteiger partial charge in [-0.05, 0) is 63.3 Å². The highest BCUT2D eigenvalue weighted by atomic mass is 35.5. The predicted molar refractivity (Wildman–Crippen MR) is 138 cm³/mol. The van der Waals surface area contributed by atoms with Gasteiger partial charge in [0.1, 0.15) is 17.6 Å². The van der Waals surface area contributed by atoms with Crippen LogP contribution in [0.25, 0.3) is 0 Å². The Morgan fingerprint density at radius 2 is 1.81 bits per heavy atom. The largest absolute Gasteiger partial charge is 0.465 e. The number of hydrogen-bond acceptors (Lipinski definition) is 6. The highest BCUT2D eigenvalue weighted by Gasteiger charge is 2.74. The van der Waals surface area contributed by atoms with Gasteiger partial charge in [-0.25, -0.2) is 0 Å². The van der Waals surface area contributed by atoms with Gasteiger partial charge in [0.05, 0.1) is 18.1 Å². The molecule has 0 bridgehead atoms. The van der Waals surface area contributed by atoms with Crippen LogP contribution in [-0.4, -0.2) is 71.3 Å². The Balaban J connectivity index is 1.59. The number of hydrogen-bond donors (Lipinski definition) is 1. The van der Waals surface area contributed by atoms with Crippen LogP contribution >= 0.6 is 11.6 Å². The van der Waals surface area contributed by atoms with E-state index >= 15 is 0 Å². The van der Waals surface area contributed by atoms with E-state index in [1.807, 2.05) is 31.2 Å². The molecule has 37 heavy (non-hydrogen) atoms.